The van der Waals surface area contributed by atoms with E-state index in [0.29, 0.717) is 45.7 Å². The SMILES string of the molecule is c1ccc(-c2ccc(-c3nc(-c4cccc5c4oc4cccc(-c6nc(-c7ccccc7)nc(-c7ccccc7)n6)c45)nc4c3oc3ccccc34)cc2)cc1. The van der Waals surface area contributed by atoms with Crippen LogP contribution < -0.4 is 0 Å². The van der Waals surface area contributed by atoms with Crippen molar-refractivity contribution in [3.8, 4) is 67.9 Å². The molecule has 56 heavy (non-hydrogen) atoms. The Morgan fingerprint density at radius 1 is 0.304 bits per heavy atom. The standard InChI is InChI=1S/C49H29N5O2/c1-4-14-30(15-5-1)31-26-28-32(29-27-31)42-45-43(35-20-10-11-24-39(35)55-45)51-49(50-42)38-23-12-21-36-41-37(22-13-25-40(41)56-44(36)38)48-53-46(33-16-6-2-7-17-33)52-47(54-48)34-18-8-3-9-19-34/h1-29H. The van der Waals surface area contributed by atoms with Crippen LogP contribution in [-0.4, -0.2) is 24.9 Å². The van der Waals surface area contributed by atoms with Crippen molar-refractivity contribution < 1.29 is 8.83 Å². The monoisotopic (exact) mass is 719 g/mol. The third-order valence-electron chi connectivity index (χ3n) is 10.2. The summed E-state index contributed by atoms with van der Waals surface area (Å²) in [5, 5.41) is 2.73. The van der Waals surface area contributed by atoms with Crippen molar-refractivity contribution in [2.24, 2.45) is 0 Å². The van der Waals surface area contributed by atoms with E-state index < -0.39 is 0 Å². The summed E-state index contributed by atoms with van der Waals surface area (Å²) in [5.74, 6) is 2.28. The maximum Gasteiger partial charge on any atom is 0.180 e. The molecule has 0 amide bonds. The maximum atomic E-state index is 6.75. The van der Waals surface area contributed by atoms with Crippen molar-refractivity contribution in [2.75, 3.05) is 0 Å². The van der Waals surface area contributed by atoms with Crippen LogP contribution in [0.5, 0.6) is 0 Å². The van der Waals surface area contributed by atoms with Crippen molar-refractivity contribution >= 4 is 44.0 Å². The minimum absolute atomic E-state index is 0.537. The molecular weight excluding hydrogens is 691 g/mol. The largest absolute Gasteiger partial charge is 0.455 e. The Labute approximate surface area is 320 Å². The van der Waals surface area contributed by atoms with Crippen LogP contribution in [0.1, 0.15) is 0 Å². The second-order valence-electron chi connectivity index (χ2n) is 13.6. The predicted molar refractivity (Wildman–Crippen MR) is 223 cm³/mol. The molecule has 0 bridgehead atoms. The highest BCUT2D eigenvalue weighted by atomic mass is 16.3. The van der Waals surface area contributed by atoms with Gasteiger partial charge in [-0.3, -0.25) is 0 Å². The van der Waals surface area contributed by atoms with E-state index in [1.807, 2.05) is 133 Å². The second kappa shape index (κ2) is 13.0. The first-order chi connectivity index (χ1) is 27.7. The number of aromatic nitrogens is 5. The van der Waals surface area contributed by atoms with E-state index in [9.17, 15) is 0 Å². The van der Waals surface area contributed by atoms with Gasteiger partial charge in [0.05, 0.1) is 5.56 Å². The minimum Gasteiger partial charge on any atom is -0.455 e. The van der Waals surface area contributed by atoms with Gasteiger partial charge in [-0.2, -0.15) is 0 Å². The molecule has 0 unspecified atom stereocenters. The zero-order valence-electron chi connectivity index (χ0n) is 29.8. The third-order valence-corrected chi connectivity index (χ3v) is 10.2. The molecule has 7 nitrogen and oxygen atoms in total. The number of para-hydroxylation sites is 2. The van der Waals surface area contributed by atoms with Crippen LogP contribution in [0.4, 0.5) is 0 Å². The van der Waals surface area contributed by atoms with Gasteiger partial charge in [-0.15, -0.1) is 0 Å². The molecule has 4 aromatic heterocycles. The first-order valence-electron chi connectivity index (χ1n) is 18.4. The van der Waals surface area contributed by atoms with Crippen molar-refractivity contribution in [3.05, 3.63) is 176 Å². The van der Waals surface area contributed by atoms with Crippen LogP contribution in [0.25, 0.3) is 112 Å². The molecule has 7 heteroatoms. The molecule has 0 atom stereocenters. The number of hydrogen-bond acceptors (Lipinski definition) is 7. The third kappa shape index (κ3) is 5.33. The van der Waals surface area contributed by atoms with Crippen LogP contribution in [0.15, 0.2) is 185 Å². The number of furan rings is 2. The molecule has 0 radical (unpaired) electrons. The van der Waals surface area contributed by atoms with E-state index in [-0.39, 0.29) is 0 Å². The Kier molecular flexibility index (Phi) is 7.35. The summed E-state index contributed by atoms with van der Waals surface area (Å²) >= 11 is 0. The average Bonchev–Trinajstić information content (AvgIpc) is 3.86. The lowest BCUT2D eigenvalue weighted by atomic mass is 10.0. The van der Waals surface area contributed by atoms with Crippen LogP contribution >= 0.6 is 0 Å². The molecule has 11 rings (SSSR count). The van der Waals surface area contributed by atoms with Gasteiger partial charge in [0, 0.05) is 38.4 Å². The second-order valence-corrected chi connectivity index (χ2v) is 13.6. The van der Waals surface area contributed by atoms with Gasteiger partial charge in [-0.25, -0.2) is 24.9 Å². The summed E-state index contributed by atoms with van der Waals surface area (Å²) in [5.41, 5.74) is 10.8. The fraction of sp³-hybridized carbons (Fsp3) is 0. The van der Waals surface area contributed by atoms with Gasteiger partial charge in [-0.1, -0.05) is 152 Å². The molecule has 0 aliphatic heterocycles. The fourth-order valence-corrected chi connectivity index (χ4v) is 7.50. The van der Waals surface area contributed by atoms with Crippen molar-refractivity contribution in [2.45, 2.75) is 0 Å². The van der Waals surface area contributed by atoms with Crippen LogP contribution in [-0.2, 0) is 0 Å². The van der Waals surface area contributed by atoms with E-state index in [4.69, 9.17) is 33.8 Å². The normalized spacial score (nSPS) is 11.6. The van der Waals surface area contributed by atoms with Crippen LogP contribution in [0.3, 0.4) is 0 Å². The number of nitrogens with zero attached hydrogens (tertiary/aromatic N) is 5. The van der Waals surface area contributed by atoms with E-state index in [2.05, 4.69) is 42.5 Å². The summed E-state index contributed by atoms with van der Waals surface area (Å²) in [6, 6.07) is 58.9. The number of hydrogen-bond donors (Lipinski definition) is 0. The maximum absolute atomic E-state index is 6.75. The first-order valence-corrected chi connectivity index (χ1v) is 18.4. The van der Waals surface area contributed by atoms with Gasteiger partial charge in [0.15, 0.2) is 28.9 Å². The Morgan fingerprint density at radius 3 is 1.52 bits per heavy atom. The molecule has 0 aliphatic rings. The van der Waals surface area contributed by atoms with Gasteiger partial charge >= 0.3 is 0 Å². The topological polar surface area (TPSA) is 90.7 Å². The van der Waals surface area contributed by atoms with Crippen LogP contribution in [0.2, 0.25) is 0 Å². The Hall–Kier alpha value is -7.77. The minimum atomic E-state index is 0.537. The zero-order chi connectivity index (χ0) is 37.0. The molecule has 4 heterocycles. The van der Waals surface area contributed by atoms with Crippen molar-refractivity contribution in [3.63, 3.8) is 0 Å². The quantitative estimate of drug-likeness (QED) is 0.169. The summed E-state index contributed by atoms with van der Waals surface area (Å²) in [6.45, 7) is 0. The lowest BCUT2D eigenvalue weighted by Gasteiger charge is -2.09. The molecule has 0 N–H and O–H groups in total. The van der Waals surface area contributed by atoms with Gasteiger partial charge in [0.1, 0.15) is 28.0 Å². The van der Waals surface area contributed by atoms with Gasteiger partial charge in [0.2, 0.25) is 0 Å². The zero-order valence-corrected chi connectivity index (χ0v) is 29.8. The van der Waals surface area contributed by atoms with Crippen molar-refractivity contribution in [1.82, 2.24) is 24.9 Å². The molecular formula is C49H29N5O2. The summed E-state index contributed by atoms with van der Waals surface area (Å²) < 4.78 is 13.2. The van der Waals surface area contributed by atoms with E-state index in [1.54, 1.807) is 0 Å². The van der Waals surface area contributed by atoms with Crippen LogP contribution in [0, 0.1) is 0 Å². The lowest BCUT2D eigenvalue weighted by Crippen LogP contribution is -2.00. The summed E-state index contributed by atoms with van der Waals surface area (Å²) in [7, 11) is 0. The van der Waals surface area contributed by atoms with E-state index in [1.165, 1.54) is 0 Å². The molecule has 0 saturated heterocycles. The highest BCUT2D eigenvalue weighted by Crippen LogP contribution is 2.42. The van der Waals surface area contributed by atoms with Gasteiger partial charge in [-0.05, 0) is 35.4 Å². The molecule has 0 saturated carbocycles. The number of benzene rings is 7. The molecule has 0 fully saturated rings. The van der Waals surface area contributed by atoms with E-state index >= 15 is 0 Å². The molecule has 0 aliphatic carbocycles. The Morgan fingerprint density at radius 2 is 0.804 bits per heavy atom. The molecule has 262 valence electrons. The molecule has 0 spiro atoms. The fourth-order valence-electron chi connectivity index (χ4n) is 7.50. The smallest absolute Gasteiger partial charge is 0.180 e. The van der Waals surface area contributed by atoms with Gasteiger partial charge in [0.25, 0.3) is 0 Å². The molecule has 11 aromatic rings. The van der Waals surface area contributed by atoms with Gasteiger partial charge < -0.3 is 8.83 Å². The highest BCUT2D eigenvalue weighted by molar-refractivity contribution is 6.15. The Balaban J connectivity index is 1.11. The lowest BCUT2D eigenvalue weighted by molar-refractivity contribution is 0.666. The molecule has 7 aromatic carbocycles. The average molecular weight is 720 g/mol. The first kappa shape index (κ1) is 31.7. The highest BCUT2D eigenvalue weighted by Gasteiger charge is 2.23. The Bertz CT molecular complexity index is 3170. The predicted octanol–water partition coefficient (Wildman–Crippen LogP) is 12.5. The number of rotatable bonds is 6. The van der Waals surface area contributed by atoms with Crippen molar-refractivity contribution in [1.29, 1.82) is 0 Å². The van der Waals surface area contributed by atoms with E-state index in [0.717, 1.165) is 66.2 Å². The summed E-state index contributed by atoms with van der Waals surface area (Å²) in [6.07, 6.45) is 0. The summed E-state index contributed by atoms with van der Waals surface area (Å²) in [4.78, 5) is 25.4. The number of fused-ring (bicyclic) bond motifs is 6.